The van der Waals surface area contributed by atoms with Crippen LogP contribution in [0.4, 0.5) is 4.79 Å². The van der Waals surface area contributed by atoms with Gasteiger partial charge in [0.15, 0.2) is 0 Å². The van der Waals surface area contributed by atoms with Crippen molar-refractivity contribution in [2.75, 3.05) is 6.61 Å². The number of nitrogens with zero attached hydrogens (tertiary/aromatic N) is 1. The molecule has 1 atom stereocenters. The minimum atomic E-state index is -1.18. The summed E-state index contributed by atoms with van der Waals surface area (Å²) in [5.74, 6) is -1.02. The molecule has 3 amide bonds. The van der Waals surface area contributed by atoms with Crippen LogP contribution in [0.5, 0.6) is 0 Å². The lowest BCUT2D eigenvalue weighted by molar-refractivity contribution is -0.131. The number of carbonyl (C=O) groups is 3. The quantitative estimate of drug-likeness (QED) is 0.530. The summed E-state index contributed by atoms with van der Waals surface area (Å²) in [5, 5.41) is 3.43. The van der Waals surface area contributed by atoms with E-state index >= 15 is 0 Å². The van der Waals surface area contributed by atoms with E-state index in [2.05, 4.69) is 5.32 Å². The van der Waals surface area contributed by atoms with Crippen molar-refractivity contribution in [1.29, 1.82) is 0 Å². The first-order valence-corrected chi connectivity index (χ1v) is 9.33. The molecule has 7 nitrogen and oxygen atoms in total. The van der Waals surface area contributed by atoms with Crippen LogP contribution in [0.15, 0.2) is 59.0 Å². The molecule has 1 aliphatic heterocycles. The zero-order valence-corrected chi connectivity index (χ0v) is 16.1. The summed E-state index contributed by atoms with van der Waals surface area (Å²) in [5.41, 5.74) is 0.439. The van der Waals surface area contributed by atoms with Gasteiger partial charge >= 0.3 is 12.0 Å². The maximum Gasteiger partial charge on any atom is 0.374 e. The summed E-state index contributed by atoms with van der Waals surface area (Å²) in [4.78, 5) is 39.4. The smallest absolute Gasteiger partial charge is 0.374 e. The van der Waals surface area contributed by atoms with Gasteiger partial charge in [-0.2, -0.15) is 0 Å². The molecule has 29 heavy (non-hydrogen) atoms. The number of amides is 3. The first-order chi connectivity index (χ1) is 14.0. The zero-order valence-electron chi connectivity index (χ0n) is 16.1. The number of benzene rings is 2. The topological polar surface area (TPSA) is 88.8 Å². The normalized spacial score (nSPS) is 18.9. The third kappa shape index (κ3) is 3.04. The van der Waals surface area contributed by atoms with E-state index in [0.717, 1.165) is 4.90 Å². The summed E-state index contributed by atoms with van der Waals surface area (Å²) < 4.78 is 10.8. The molecule has 0 saturated carbocycles. The first-order valence-electron chi connectivity index (χ1n) is 9.33. The Hall–Kier alpha value is -3.61. The number of imide groups is 1. The van der Waals surface area contributed by atoms with Gasteiger partial charge in [-0.1, -0.05) is 48.5 Å². The molecule has 0 unspecified atom stereocenters. The van der Waals surface area contributed by atoms with Crippen LogP contribution in [0.1, 0.15) is 35.5 Å². The highest BCUT2D eigenvalue weighted by Crippen LogP contribution is 2.33. The SMILES string of the molecule is CCOC(=O)c1oc2ccccc2c1CN1C(=O)N[C@](C)(c2ccccc2)C1=O. The number of rotatable bonds is 5. The Morgan fingerprint density at radius 2 is 1.79 bits per heavy atom. The minimum Gasteiger partial charge on any atom is -0.460 e. The number of hydrogen-bond acceptors (Lipinski definition) is 5. The van der Waals surface area contributed by atoms with E-state index in [1.165, 1.54) is 0 Å². The summed E-state index contributed by atoms with van der Waals surface area (Å²) >= 11 is 0. The number of ether oxygens (including phenoxy) is 1. The number of para-hydroxylation sites is 1. The van der Waals surface area contributed by atoms with Gasteiger partial charge in [-0.3, -0.25) is 9.69 Å². The predicted molar refractivity (Wildman–Crippen MR) is 105 cm³/mol. The fourth-order valence-electron chi connectivity index (χ4n) is 3.58. The first kappa shape index (κ1) is 18.7. The Morgan fingerprint density at radius 1 is 1.10 bits per heavy atom. The second-order valence-corrected chi connectivity index (χ2v) is 6.94. The second kappa shape index (κ2) is 7.09. The van der Waals surface area contributed by atoms with Crippen LogP contribution < -0.4 is 5.32 Å². The molecule has 4 rings (SSSR count). The van der Waals surface area contributed by atoms with Crippen molar-refractivity contribution in [3.63, 3.8) is 0 Å². The third-order valence-electron chi connectivity index (χ3n) is 5.10. The van der Waals surface area contributed by atoms with Gasteiger partial charge in [-0.15, -0.1) is 0 Å². The Balaban J connectivity index is 1.73. The van der Waals surface area contributed by atoms with Crippen molar-refractivity contribution in [3.8, 4) is 0 Å². The monoisotopic (exact) mass is 392 g/mol. The molecule has 0 spiro atoms. The molecular formula is C22H20N2O5. The largest absolute Gasteiger partial charge is 0.460 e. The third-order valence-corrected chi connectivity index (χ3v) is 5.10. The standard InChI is InChI=1S/C22H20N2O5/c1-3-28-19(25)18-16(15-11-7-8-12-17(15)29-18)13-24-20(26)22(2,23-21(24)27)14-9-5-4-6-10-14/h4-12H,3,13H2,1-2H3,(H,23,27)/t22-/m1/s1. The molecule has 0 aliphatic carbocycles. The number of hydrogen-bond donors (Lipinski definition) is 1. The van der Waals surface area contributed by atoms with Crippen molar-refractivity contribution < 1.29 is 23.5 Å². The molecule has 1 aliphatic rings. The highest BCUT2D eigenvalue weighted by atomic mass is 16.5. The molecular weight excluding hydrogens is 372 g/mol. The lowest BCUT2D eigenvalue weighted by Gasteiger charge is -2.22. The Kier molecular flexibility index (Phi) is 4.58. The van der Waals surface area contributed by atoms with Crippen LogP contribution in [0.25, 0.3) is 11.0 Å². The summed E-state index contributed by atoms with van der Waals surface area (Å²) in [6, 6.07) is 15.6. The fourth-order valence-corrected chi connectivity index (χ4v) is 3.58. The van der Waals surface area contributed by atoms with Crippen molar-refractivity contribution >= 4 is 28.9 Å². The van der Waals surface area contributed by atoms with Crippen LogP contribution in [0, 0.1) is 0 Å². The van der Waals surface area contributed by atoms with E-state index in [4.69, 9.17) is 9.15 Å². The molecule has 1 saturated heterocycles. The molecule has 2 aromatic carbocycles. The molecule has 1 aromatic heterocycles. The number of furan rings is 1. The molecule has 0 radical (unpaired) electrons. The Morgan fingerprint density at radius 3 is 2.52 bits per heavy atom. The predicted octanol–water partition coefficient (Wildman–Crippen LogP) is 3.58. The second-order valence-electron chi connectivity index (χ2n) is 6.94. The number of esters is 1. The Bertz CT molecular complexity index is 1100. The minimum absolute atomic E-state index is 0.00182. The van der Waals surface area contributed by atoms with Crippen molar-refractivity contribution in [1.82, 2.24) is 10.2 Å². The van der Waals surface area contributed by atoms with Gasteiger partial charge in [0.05, 0.1) is 13.2 Å². The van der Waals surface area contributed by atoms with Crippen LogP contribution in [-0.2, 0) is 21.6 Å². The molecule has 1 fully saturated rings. The van der Waals surface area contributed by atoms with Crippen molar-refractivity contribution in [2.45, 2.75) is 25.9 Å². The zero-order chi connectivity index (χ0) is 20.6. The average molecular weight is 392 g/mol. The summed E-state index contributed by atoms with van der Waals surface area (Å²) in [7, 11) is 0. The van der Waals surface area contributed by atoms with Crippen LogP contribution in [-0.4, -0.2) is 29.4 Å². The van der Waals surface area contributed by atoms with E-state index in [-0.39, 0.29) is 18.9 Å². The number of fused-ring (bicyclic) bond motifs is 1. The maximum atomic E-state index is 13.2. The van der Waals surface area contributed by atoms with Crippen LogP contribution in [0.2, 0.25) is 0 Å². The van der Waals surface area contributed by atoms with Gasteiger partial charge in [0.25, 0.3) is 5.91 Å². The van der Waals surface area contributed by atoms with E-state index in [1.54, 1.807) is 50.2 Å². The average Bonchev–Trinajstić information content (AvgIpc) is 3.20. The molecule has 2 heterocycles. The molecule has 0 bridgehead atoms. The Labute approximate surface area is 167 Å². The van der Waals surface area contributed by atoms with Gasteiger partial charge in [-0.25, -0.2) is 9.59 Å². The lowest BCUT2D eigenvalue weighted by Crippen LogP contribution is -2.40. The van der Waals surface area contributed by atoms with Gasteiger partial charge in [0.2, 0.25) is 5.76 Å². The molecule has 148 valence electrons. The van der Waals surface area contributed by atoms with Gasteiger partial charge in [-0.05, 0) is 25.5 Å². The molecule has 1 N–H and O–H groups in total. The van der Waals surface area contributed by atoms with Crippen molar-refractivity contribution in [2.24, 2.45) is 0 Å². The maximum absolute atomic E-state index is 13.2. The molecule has 7 heteroatoms. The van der Waals surface area contributed by atoms with E-state index in [0.29, 0.717) is 22.1 Å². The van der Waals surface area contributed by atoms with E-state index in [1.807, 2.05) is 18.2 Å². The van der Waals surface area contributed by atoms with Gasteiger partial charge in [0, 0.05) is 10.9 Å². The van der Waals surface area contributed by atoms with Crippen LogP contribution >= 0.6 is 0 Å². The van der Waals surface area contributed by atoms with Crippen molar-refractivity contribution in [3.05, 3.63) is 71.5 Å². The fraction of sp³-hybridized carbons (Fsp3) is 0.227. The molecule has 3 aromatic rings. The number of nitrogens with one attached hydrogen (secondary N) is 1. The van der Waals surface area contributed by atoms with E-state index in [9.17, 15) is 14.4 Å². The van der Waals surface area contributed by atoms with Crippen LogP contribution in [0.3, 0.4) is 0 Å². The summed E-state index contributed by atoms with van der Waals surface area (Å²) in [6.45, 7) is 3.45. The summed E-state index contributed by atoms with van der Waals surface area (Å²) in [6.07, 6.45) is 0. The number of carbonyl (C=O) groups excluding carboxylic acids is 3. The van der Waals surface area contributed by atoms with Gasteiger partial charge < -0.3 is 14.5 Å². The highest BCUT2D eigenvalue weighted by molar-refractivity contribution is 6.07. The number of urea groups is 1. The van der Waals surface area contributed by atoms with E-state index < -0.39 is 23.4 Å². The highest BCUT2D eigenvalue weighted by Gasteiger charge is 2.49. The van der Waals surface area contributed by atoms with Gasteiger partial charge in [0.1, 0.15) is 11.1 Å². The lowest BCUT2D eigenvalue weighted by atomic mass is 9.92.